The number of hydrogen-bond donors (Lipinski definition) is 0. The van der Waals surface area contributed by atoms with Crippen LogP contribution in [0.25, 0.3) is 0 Å². The van der Waals surface area contributed by atoms with Crippen LogP contribution in [0.1, 0.15) is 20.1 Å². The zero-order chi connectivity index (χ0) is 18.6. The minimum Gasteiger partial charge on any atom is -0.490 e. The molecule has 0 N–H and O–H groups in total. The lowest BCUT2D eigenvalue weighted by molar-refractivity contribution is 0.0450. The number of carbonyl (C=O) groups excluding carboxylic acids is 1. The van der Waals surface area contributed by atoms with Gasteiger partial charge in [-0.05, 0) is 44.2 Å². The molecule has 136 valence electrons. The van der Waals surface area contributed by atoms with Crippen molar-refractivity contribution in [2.75, 3.05) is 27.3 Å². The molecule has 8 heteroatoms. The van der Waals surface area contributed by atoms with Crippen molar-refractivity contribution in [1.29, 1.82) is 0 Å². The second kappa shape index (κ2) is 7.99. The Labute approximate surface area is 152 Å². The van der Waals surface area contributed by atoms with Crippen LogP contribution in [0, 0.1) is 13.8 Å². The summed E-state index contributed by atoms with van der Waals surface area (Å²) in [4.78, 5) is 14.2. The van der Waals surface area contributed by atoms with Crippen LogP contribution >= 0.6 is 11.3 Å². The van der Waals surface area contributed by atoms with E-state index in [2.05, 4.69) is 0 Å². The summed E-state index contributed by atoms with van der Waals surface area (Å²) in [5.74, 6) is 0.147. The molecular weight excluding hydrogens is 362 g/mol. The van der Waals surface area contributed by atoms with Crippen molar-refractivity contribution < 1.29 is 22.7 Å². The fourth-order valence-corrected chi connectivity index (χ4v) is 3.94. The van der Waals surface area contributed by atoms with Crippen molar-refractivity contribution in [2.45, 2.75) is 18.7 Å². The van der Waals surface area contributed by atoms with Gasteiger partial charge in [-0.1, -0.05) is 0 Å². The lowest BCUT2D eigenvalue weighted by Crippen LogP contribution is -2.22. The van der Waals surface area contributed by atoms with E-state index in [1.54, 1.807) is 23.5 Å². The summed E-state index contributed by atoms with van der Waals surface area (Å²) in [6, 6.07) is 7.92. The molecule has 1 heterocycles. The van der Waals surface area contributed by atoms with Crippen molar-refractivity contribution in [3.05, 3.63) is 45.6 Å². The van der Waals surface area contributed by atoms with Crippen molar-refractivity contribution >= 4 is 27.3 Å². The molecule has 0 aliphatic heterocycles. The monoisotopic (exact) mass is 383 g/mol. The van der Waals surface area contributed by atoms with Gasteiger partial charge in [-0.15, -0.1) is 11.3 Å². The first-order valence-electron chi connectivity index (χ1n) is 7.61. The van der Waals surface area contributed by atoms with Crippen molar-refractivity contribution in [3.8, 4) is 5.75 Å². The summed E-state index contributed by atoms with van der Waals surface area (Å²) in [6.45, 7) is 4.13. The van der Waals surface area contributed by atoms with E-state index in [0.717, 1.165) is 14.1 Å². The predicted molar refractivity (Wildman–Crippen MR) is 96.9 cm³/mol. The van der Waals surface area contributed by atoms with Gasteiger partial charge in [-0.3, -0.25) is 0 Å². The number of ether oxygens (including phenoxy) is 2. The second-order valence-corrected chi connectivity index (χ2v) is 9.18. The Kier molecular flexibility index (Phi) is 6.21. The van der Waals surface area contributed by atoms with Crippen LogP contribution in [0.4, 0.5) is 0 Å². The van der Waals surface area contributed by atoms with Gasteiger partial charge in [0.2, 0.25) is 10.0 Å². The van der Waals surface area contributed by atoms with E-state index in [0.29, 0.717) is 11.3 Å². The molecule has 0 aliphatic carbocycles. The molecule has 0 fully saturated rings. The van der Waals surface area contributed by atoms with E-state index in [9.17, 15) is 13.2 Å². The van der Waals surface area contributed by atoms with E-state index in [-0.39, 0.29) is 24.1 Å². The number of hydrogen-bond acceptors (Lipinski definition) is 6. The molecule has 0 aliphatic rings. The molecule has 0 saturated carbocycles. The van der Waals surface area contributed by atoms with Gasteiger partial charge in [0.25, 0.3) is 0 Å². The predicted octanol–water partition coefficient (Wildman–Crippen LogP) is 2.85. The highest BCUT2D eigenvalue weighted by Gasteiger charge is 2.17. The quantitative estimate of drug-likeness (QED) is 0.543. The van der Waals surface area contributed by atoms with Crippen molar-refractivity contribution in [1.82, 2.24) is 4.31 Å². The lowest BCUT2D eigenvalue weighted by Gasteiger charge is -2.12. The van der Waals surface area contributed by atoms with Gasteiger partial charge in [-0.25, -0.2) is 17.5 Å². The average Bonchev–Trinajstić information content (AvgIpc) is 2.90. The molecule has 2 rings (SSSR count). The second-order valence-electron chi connectivity index (χ2n) is 5.57. The minimum atomic E-state index is -3.45. The van der Waals surface area contributed by atoms with Crippen LogP contribution in [0.2, 0.25) is 0 Å². The van der Waals surface area contributed by atoms with Crippen LogP contribution < -0.4 is 4.74 Å². The van der Waals surface area contributed by atoms with Gasteiger partial charge in [0.1, 0.15) is 19.0 Å². The van der Waals surface area contributed by atoms with Gasteiger partial charge < -0.3 is 9.47 Å². The van der Waals surface area contributed by atoms with Crippen LogP contribution in [0.5, 0.6) is 5.75 Å². The van der Waals surface area contributed by atoms with E-state index in [1.807, 2.05) is 19.9 Å². The highest BCUT2D eigenvalue weighted by atomic mass is 32.2. The summed E-state index contributed by atoms with van der Waals surface area (Å²) >= 11 is 1.55. The van der Waals surface area contributed by atoms with E-state index >= 15 is 0 Å². The third-order valence-corrected chi connectivity index (χ3v) is 6.24. The normalized spacial score (nSPS) is 11.6. The Bertz CT molecular complexity index is 838. The summed E-state index contributed by atoms with van der Waals surface area (Å²) in [5, 5.41) is 0. The molecule has 0 saturated heterocycles. The number of benzene rings is 1. The first-order valence-corrected chi connectivity index (χ1v) is 9.87. The van der Waals surface area contributed by atoms with Crippen LogP contribution in [-0.2, 0) is 14.8 Å². The maximum absolute atomic E-state index is 12.0. The van der Waals surface area contributed by atoms with E-state index in [1.165, 1.54) is 26.2 Å². The molecule has 6 nitrogen and oxygen atoms in total. The van der Waals surface area contributed by atoms with Gasteiger partial charge in [-0.2, -0.15) is 0 Å². The molecule has 1 aromatic heterocycles. The number of esters is 1. The Morgan fingerprint density at radius 3 is 2.28 bits per heavy atom. The number of aryl methyl sites for hydroxylation is 2. The number of nitrogens with zero attached hydrogens (tertiary/aromatic N) is 1. The first kappa shape index (κ1) is 19.4. The summed E-state index contributed by atoms with van der Waals surface area (Å²) in [6.07, 6.45) is 0. The maximum atomic E-state index is 12.0. The molecule has 0 atom stereocenters. The van der Waals surface area contributed by atoms with Crippen LogP contribution in [-0.4, -0.2) is 46.0 Å². The van der Waals surface area contributed by atoms with Gasteiger partial charge in [0.05, 0.1) is 10.5 Å². The summed E-state index contributed by atoms with van der Waals surface area (Å²) in [7, 11) is -0.499. The Morgan fingerprint density at radius 1 is 1.12 bits per heavy atom. The van der Waals surface area contributed by atoms with Crippen molar-refractivity contribution in [3.63, 3.8) is 0 Å². The average molecular weight is 383 g/mol. The molecule has 0 spiro atoms. The number of thiophene rings is 1. The third kappa shape index (κ3) is 4.81. The highest BCUT2D eigenvalue weighted by molar-refractivity contribution is 7.89. The number of rotatable bonds is 7. The third-order valence-electron chi connectivity index (χ3n) is 3.45. The van der Waals surface area contributed by atoms with Crippen LogP contribution in [0.3, 0.4) is 0 Å². The maximum Gasteiger partial charge on any atom is 0.339 e. The SMILES string of the molecule is Cc1cc(C(=O)OCCOc2ccc(S(=O)(=O)N(C)C)cc2)c(C)s1. The smallest absolute Gasteiger partial charge is 0.339 e. The van der Waals surface area contributed by atoms with Gasteiger partial charge >= 0.3 is 5.97 Å². The summed E-state index contributed by atoms with van der Waals surface area (Å²) in [5.41, 5.74) is 0.584. The lowest BCUT2D eigenvalue weighted by atomic mass is 10.2. The minimum absolute atomic E-state index is 0.116. The molecule has 0 amide bonds. The van der Waals surface area contributed by atoms with E-state index in [4.69, 9.17) is 9.47 Å². The molecule has 0 unspecified atom stereocenters. The number of sulfonamides is 1. The standard InChI is InChI=1S/C17H21NO5S2/c1-12-11-16(13(2)24-12)17(19)23-10-9-22-14-5-7-15(8-6-14)25(20,21)18(3)4/h5-8,11H,9-10H2,1-4H3. The Morgan fingerprint density at radius 2 is 1.76 bits per heavy atom. The zero-order valence-corrected chi connectivity index (χ0v) is 16.2. The molecule has 25 heavy (non-hydrogen) atoms. The number of carbonyl (C=O) groups is 1. The fraction of sp³-hybridized carbons (Fsp3) is 0.353. The Balaban J connectivity index is 1.84. The molecule has 0 radical (unpaired) electrons. The molecular formula is C17H21NO5S2. The van der Waals surface area contributed by atoms with Crippen molar-refractivity contribution in [2.24, 2.45) is 0 Å². The molecule has 2 aromatic rings. The molecule has 1 aromatic carbocycles. The van der Waals surface area contributed by atoms with Gasteiger partial charge in [0, 0.05) is 23.8 Å². The van der Waals surface area contributed by atoms with Crippen LogP contribution in [0.15, 0.2) is 35.2 Å². The fourth-order valence-electron chi connectivity index (χ4n) is 2.12. The van der Waals surface area contributed by atoms with E-state index < -0.39 is 10.0 Å². The largest absolute Gasteiger partial charge is 0.490 e. The Hall–Kier alpha value is -1.90. The zero-order valence-electron chi connectivity index (χ0n) is 14.6. The topological polar surface area (TPSA) is 72.9 Å². The molecule has 0 bridgehead atoms. The van der Waals surface area contributed by atoms with Gasteiger partial charge in [0.15, 0.2) is 0 Å². The first-order chi connectivity index (χ1) is 11.7. The highest BCUT2D eigenvalue weighted by Crippen LogP contribution is 2.21. The summed E-state index contributed by atoms with van der Waals surface area (Å²) < 4.78 is 35.8.